The molecule has 0 heterocycles. The largest absolute Gasteiger partial charge is 0.0617 e. The lowest BCUT2D eigenvalue weighted by Gasteiger charge is -2.18. The summed E-state index contributed by atoms with van der Waals surface area (Å²) in [4.78, 5) is 0. The molecule has 5 atom stereocenters. The van der Waals surface area contributed by atoms with Gasteiger partial charge < -0.3 is 0 Å². The first kappa shape index (κ1) is 3.92. The third kappa shape index (κ3) is 0.167. The van der Waals surface area contributed by atoms with Gasteiger partial charge in [0.25, 0.3) is 0 Å². The van der Waals surface area contributed by atoms with Gasteiger partial charge in [-0.2, -0.15) is 0 Å². The Bertz CT molecular complexity index is 157. The standard InChI is InChI=1S/C8H12/c1-4-7-5-3-6(5)8(4,7)2/h4-7H,3H2,1-2H3. The topological polar surface area (TPSA) is 0 Å². The molecule has 0 spiro atoms. The number of rotatable bonds is 0. The van der Waals surface area contributed by atoms with Gasteiger partial charge in [0.15, 0.2) is 0 Å². The van der Waals surface area contributed by atoms with Crippen molar-refractivity contribution in [1.82, 2.24) is 0 Å². The summed E-state index contributed by atoms with van der Waals surface area (Å²) in [7, 11) is 0. The van der Waals surface area contributed by atoms with Gasteiger partial charge in [0.05, 0.1) is 0 Å². The van der Waals surface area contributed by atoms with Gasteiger partial charge in [0.1, 0.15) is 0 Å². The summed E-state index contributed by atoms with van der Waals surface area (Å²) in [6, 6.07) is 0. The van der Waals surface area contributed by atoms with Gasteiger partial charge in [-0.1, -0.05) is 13.8 Å². The van der Waals surface area contributed by atoms with Crippen molar-refractivity contribution in [3.8, 4) is 0 Å². The Morgan fingerprint density at radius 3 is 2.50 bits per heavy atom. The summed E-state index contributed by atoms with van der Waals surface area (Å²) >= 11 is 0. The van der Waals surface area contributed by atoms with E-state index in [1.54, 1.807) is 6.42 Å². The van der Waals surface area contributed by atoms with E-state index >= 15 is 0 Å². The molecule has 3 saturated carbocycles. The summed E-state index contributed by atoms with van der Waals surface area (Å²) in [6.07, 6.45) is 1.59. The van der Waals surface area contributed by atoms with Crippen LogP contribution in [-0.4, -0.2) is 0 Å². The van der Waals surface area contributed by atoms with E-state index in [2.05, 4.69) is 13.8 Å². The minimum absolute atomic E-state index is 0.880. The van der Waals surface area contributed by atoms with Crippen LogP contribution in [0.25, 0.3) is 0 Å². The monoisotopic (exact) mass is 108 g/mol. The van der Waals surface area contributed by atoms with Gasteiger partial charge >= 0.3 is 0 Å². The molecule has 0 aliphatic heterocycles. The van der Waals surface area contributed by atoms with Crippen molar-refractivity contribution in [3.05, 3.63) is 0 Å². The minimum atomic E-state index is 0.880. The molecule has 8 heavy (non-hydrogen) atoms. The van der Waals surface area contributed by atoms with Crippen molar-refractivity contribution < 1.29 is 0 Å². The zero-order valence-electron chi connectivity index (χ0n) is 5.52. The molecular weight excluding hydrogens is 96.1 g/mol. The highest BCUT2D eigenvalue weighted by Gasteiger charge is 2.82. The first-order chi connectivity index (χ1) is 3.76. The first-order valence-electron chi connectivity index (χ1n) is 3.76. The molecule has 0 aromatic rings. The van der Waals surface area contributed by atoms with E-state index in [1.807, 2.05) is 0 Å². The molecule has 3 aliphatic carbocycles. The van der Waals surface area contributed by atoms with E-state index in [9.17, 15) is 0 Å². The van der Waals surface area contributed by atoms with Crippen molar-refractivity contribution >= 4 is 0 Å². The smallest absolute Gasteiger partial charge is 0.0232 e. The highest BCUT2D eigenvalue weighted by atomic mass is 14.9. The molecular formula is C8H12. The van der Waals surface area contributed by atoms with Gasteiger partial charge in [-0.3, -0.25) is 0 Å². The third-order valence-electron chi connectivity index (χ3n) is 4.23. The summed E-state index contributed by atoms with van der Waals surface area (Å²) in [5, 5.41) is 0. The number of hydrogen-bond donors (Lipinski definition) is 0. The summed E-state index contributed by atoms with van der Waals surface area (Å²) in [5.74, 6) is 4.70. The maximum absolute atomic E-state index is 2.48. The molecule has 0 bridgehead atoms. The Morgan fingerprint density at radius 2 is 2.25 bits per heavy atom. The predicted octanol–water partition coefficient (Wildman–Crippen LogP) is 1.91. The van der Waals surface area contributed by atoms with E-state index in [0.717, 1.165) is 11.3 Å². The van der Waals surface area contributed by atoms with Crippen LogP contribution in [0, 0.1) is 29.1 Å². The lowest BCUT2D eigenvalue weighted by molar-refractivity contribution is 0.292. The summed E-state index contributed by atoms with van der Waals surface area (Å²) < 4.78 is 0. The summed E-state index contributed by atoms with van der Waals surface area (Å²) in [6.45, 7) is 4.91. The van der Waals surface area contributed by atoms with Gasteiger partial charge in [0, 0.05) is 0 Å². The molecule has 44 valence electrons. The van der Waals surface area contributed by atoms with Crippen LogP contribution in [0.2, 0.25) is 0 Å². The van der Waals surface area contributed by atoms with E-state index in [-0.39, 0.29) is 0 Å². The van der Waals surface area contributed by atoms with E-state index in [1.165, 1.54) is 17.8 Å². The van der Waals surface area contributed by atoms with Crippen LogP contribution in [0.1, 0.15) is 20.3 Å². The molecule has 0 aromatic heterocycles. The molecule has 0 radical (unpaired) electrons. The van der Waals surface area contributed by atoms with Crippen LogP contribution < -0.4 is 0 Å². The van der Waals surface area contributed by atoms with Crippen LogP contribution in [0.15, 0.2) is 0 Å². The van der Waals surface area contributed by atoms with Gasteiger partial charge in [0.2, 0.25) is 0 Å². The van der Waals surface area contributed by atoms with Crippen LogP contribution in [0.4, 0.5) is 0 Å². The Kier molecular flexibility index (Phi) is 0.342. The fourth-order valence-electron chi connectivity index (χ4n) is 3.42. The quantitative estimate of drug-likeness (QED) is 0.444. The molecule has 3 fully saturated rings. The fourth-order valence-corrected chi connectivity index (χ4v) is 3.42. The Hall–Kier alpha value is 0. The Labute approximate surface area is 50.3 Å². The zero-order chi connectivity index (χ0) is 5.52. The van der Waals surface area contributed by atoms with Crippen LogP contribution in [0.5, 0.6) is 0 Å². The van der Waals surface area contributed by atoms with Crippen LogP contribution in [-0.2, 0) is 0 Å². The molecule has 3 aliphatic rings. The lowest BCUT2D eigenvalue weighted by Crippen LogP contribution is -2.14. The molecule has 0 saturated heterocycles. The highest BCUT2D eigenvalue weighted by Crippen LogP contribution is 2.87. The number of fused-ring (bicyclic) bond motifs is 4. The van der Waals surface area contributed by atoms with Crippen LogP contribution in [0.3, 0.4) is 0 Å². The van der Waals surface area contributed by atoms with E-state index in [0.29, 0.717) is 0 Å². The van der Waals surface area contributed by atoms with Gasteiger partial charge in [-0.25, -0.2) is 0 Å². The molecule has 0 aromatic carbocycles. The maximum Gasteiger partial charge on any atom is -0.0232 e. The zero-order valence-corrected chi connectivity index (χ0v) is 5.52. The molecule has 5 unspecified atom stereocenters. The second-order valence-electron chi connectivity index (χ2n) is 4.19. The second kappa shape index (κ2) is 0.698. The first-order valence-corrected chi connectivity index (χ1v) is 3.76. The predicted molar refractivity (Wildman–Crippen MR) is 32.4 cm³/mol. The molecule has 0 heteroatoms. The van der Waals surface area contributed by atoms with Crippen molar-refractivity contribution in [1.29, 1.82) is 0 Å². The maximum atomic E-state index is 2.48. The van der Waals surface area contributed by atoms with Crippen molar-refractivity contribution in [2.24, 2.45) is 29.1 Å². The SMILES string of the molecule is CC1C2C3CC3C12C. The average molecular weight is 108 g/mol. The molecule has 0 amide bonds. The lowest BCUT2D eigenvalue weighted by atomic mass is 9.87. The van der Waals surface area contributed by atoms with Gasteiger partial charge in [-0.15, -0.1) is 0 Å². The highest BCUT2D eigenvalue weighted by molar-refractivity contribution is 5.30. The van der Waals surface area contributed by atoms with Gasteiger partial charge in [-0.05, 0) is 35.5 Å². The normalized spacial score (nSPS) is 81.8. The Morgan fingerprint density at radius 1 is 1.50 bits per heavy atom. The number of hydrogen-bond acceptors (Lipinski definition) is 0. The average Bonchev–Trinajstić information content (AvgIpc) is 2.48. The molecule has 0 nitrogen and oxygen atoms in total. The second-order valence-corrected chi connectivity index (χ2v) is 4.19. The van der Waals surface area contributed by atoms with E-state index < -0.39 is 0 Å². The third-order valence-corrected chi connectivity index (χ3v) is 4.23. The van der Waals surface area contributed by atoms with Crippen molar-refractivity contribution in [2.75, 3.05) is 0 Å². The molecule has 3 rings (SSSR count). The molecule has 0 N–H and O–H groups in total. The van der Waals surface area contributed by atoms with Crippen LogP contribution >= 0.6 is 0 Å². The fraction of sp³-hybridized carbons (Fsp3) is 1.00. The summed E-state index contributed by atoms with van der Waals surface area (Å²) in [5.41, 5.74) is 0.880. The Balaban J connectivity index is 2.04. The van der Waals surface area contributed by atoms with Crippen molar-refractivity contribution in [3.63, 3.8) is 0 Å². The van der Waals surface area contributed by atoms with E-state index in [4.69, 9.17) is 0 Å². The van der Waals surface area contributed by atoms with Crippen molar-refractivity contribution in [2.45, 2.75) is 20.3 Å². The minimum Gasteiger partial charge on any atom is -0.0617 e.